The first-order valence-electron chi connectivity index (χ1n) is 8.27. The van der Waals surface area contributed by atoms with Gasteiger partial charge in [0.15, 0.2) is 0 Å². The Kier molecular flexibility index (Phi) is 10.8. The van der Waals surface area contributed by atoms with Crippen LogP contribution in [0.15, 0.2) is 0 Å². The molecule has 2 N–H and O–H groups in total. The average Bonchev–Trinajstić information content (AvgIpc) is 2.54. The summed E-state index contributed by atoms with van der Waals surface area (Å²) in [6.45, 7) is 9.72. The van der Waals surface area contributed by atoms with Crippen LogP contribution in [0.3, 0.4) is 0 Å². The minimum Gasteiger partial charge on any atom is -0.464 e. The van der Waals surface area contributed by atoms with E-state index in [0.717, 1.165) is 0 Å². The topological polar surface area (TPSA) is 93.7 Å². The largest absolute Gasteiger partial charge is 0.464 e. The van der Waals surface area contributed by atoms with Crippen LogP contribution in [0.5, 0.6) is 0 Å². The number of alkyl carbamates (subject to hydrolysis) is 1. The van der Waals surface area contributed by atoms with Crippen LogP contribution >= 0.6 is 0 Å². The summed E-state index contributed by atoms with van der Waals surface area (Å²) in [5.74, 6) is -0.963. The van der Waals surface area contributed by atoms with Gasteiger partial charge in [-0.3, -0.25) is 4.79 Å². The summed E-state index contributed by atoms with van der Waals surface area (Å²) in [7, 11) is 0. The highest BCUT2D eigenvalue weighted by Crippen LogP contribution is 2.10. The van der Waals surface area contributed by atoms with Gasteiger partial charge in [0, 0.05) is 0 Å². The van der Waals surface area contributed by atoms with Crippen molar-refractivity contribution in [3.63, 3.8) is 0 Å². The van der Waals surface area contributed by atoms with E-state index in [-0.39, 0.29) is 5.92 Å². The number of hydrogen-bond donors (Lipinski definition) is 2. The predicted molar refractivity (Wildman–Crippen MR) is 86.9 cm³/mol. The van der Waals surface area contributed by atoms with Crippen LogP contribution < -0.4 is 10.6 Å². The van der Waals surface area contributed by atoms with Gasteiger partial charge >= 0.3 is 12.1 Å². The smallest absolute Gasteiger partial charge is 0.407 e. The molecule has 0 saturated carbocycles. The third-order valence-electron chi connectivity index (χ3n) is 3.38. The van der Waals surface area contributed by atoms with Gasteiger partial charge in [-0.05, 0) is 25.7 Å². The van der Waals surface area contributed by atoms with Gasteiger partial charge in [-0.15, -0.1) is 0 Å². The molecule has 3 atom stereocenters. The van der Waals surface area contributed by atoms with Crippen molar-refractivity contribution in [1.82, 2.24) is 10.6 Å². The Hall–Kier alpha value is -1.79. The van der Waals surface area contributed by atoms with Gasteiger partial charge < -0.3 is 20.1 Å². The first-order chi connectivity index (χ1) is 10.9. The zero-order valence-corrected chi connectivity index (χ0v) is 14.8. The van der Waals surface area contributed by atoms with Gasteiger partial charge in [0.1, 0.15) is 12.1 Å². The standard InChI is InChI=1S/C16H30N2O5/c1-6-9-22-15(20)13(11(4)8-3)18-14(19)12(5)17-16(21)23-10-7-2/h11-13H,6-10H2,1-5H3,(H,17,21)(H,18,19). The van der Waals surface area contributed by atoms with Crippen molar-refractivity contribution >= 4 is 18.0 Å². The molecule has 0 aromatic rings. The first-order valence-corrected chi connectivity index (χ1v) is 8.27. The molecular weight excluding hydrogens is 300 g/mol. The summed E-state index contributed by atoms with van der Waals surface area (Å²) in [4.78, 5) is 35.7. The van der Waals surface area contributed by atoms with Gasteiger partial charge in [-0.2, -0.15) is 0 Å². The molecule has 7 nitrogen and oxygen atoms in total. The molecule has 0 bridgehead atoms. The maximum Gasteiger partial charge on any atom is 0.407 e. The molecule has 0 aliphatic heterocycles. The van der Waals surface area contributed by atoms with Crippen molar-refractivity contribution < 1.29 is 23.9 Å². The van der Waals surface area contributed by atoms with Crippen LogP contribution in [0.25, 0.3) is 0 Å². The van der Waals surface area contributed by atoms with Gasteiger partial charge in [0.25, 0.3) is 0 Å². The number of nitrogens with one attached hydrogen (secondary N) is 2. The third kappa shape index (κ3) is 8.42. The number of esters is 1. The van der Waals surface area contributed by atoms with E-state index in [1.807, 2.05) is 27.7 Å². The Bertz CT molecular complexity index is 387. The molecule has 0 heterocycles. The second-order valence-corrected chi connectivity index (χ2v) is 5.54. The number of amides is 2. The summed E-state index contributed by atoms with van der Waals surface area (Å²) in [5.41, 5.74) is 0. The maximum atomic E-state index is 12.2. The van der Waals surface area contributed by atoms with Crippen LogP contribution in [0.2, 0.25) is 0 Å². The molecule has 0 rings (SSSR count). The molecule has 3 unspecified atom stereocenters. The van der Waals surface area contributed by atoms with Crippen molar-refractivity contribution in [3.05, 3.63) is 0 Å². The normalized spacial score (nSPS) is 14.3. The lowest BCUT2D eigenvalue weighted by atomic mass is 9.99. The highest BCUT2D eigenvalue weighted by atomic mass is 16.5. The van der Waals surface area contributed by atoms with Gasteiger partial charge in [-0.25, -0.2) is 9.59 Å². The molecule has 134 valence electrons. The molecule has 0 spiro atoms. The van der Waals surface area contributed by atoms with Gasteiger partial charge in [0.05, 0.1) is 13.2 Å². The summed E-state index contributed by atoms with van der Waals surface area (Å²) >= 11 is 0. The van der Waals surface area contributed by atoms with Crippen molar-refractivity contribution in [1.29, 1.82) is 0 Å². The van der Waals surface area contributed by atoms with E-state index in [0.29, 0.717) is 32.5 Å². The van der Waals surface area contributed by atoms with E-state index in [4.69, 9.17) is 9.47 Å². The van der Waals surface area contributed by atoms with Crippen molar-refractivity contribution in [3.8, 4) is 0 Å². The SMILES string of the molecule is CCCOC(=O)NC(C)C(=O)NC(C(=O)OCCC)C(C)CC. The summed E-state index contributed by atoms with van der Waals surface area (Å²) in [6, 6.07) is -1.53. The van der Waals surface area contributed by atoms with Crippen LogP contribution in [0, 0.1) is 5.92 Å². The Morgan fingerprint density at radius 1 is 0.913 bits per heavy atom. The predicted octanol–water partition coefficient (Wildman–Crippen LogP) is 2.00. The molecule has 23 heavy (non-hydrogen) atoms. The van der Waals surface area contributed by atoms with E-state index in [2.05, 4.69) is 10.6 Å². The monoisotopic (exact) mass is 330 g/mol. The number of rotatable bonds is 10. The molecule has 0 radical (unpaired) electrons. The fourth-order valence-corrected chi connectivity index (χ4v) is 1.72. The zero-order valence-electron chi connectivity index (χ0n) is 14.8. The molecule has 2 amide bonds. The number of carbonyl (C=O) groups is 3. The third-order valence-corrected chi connectivity index (χ3v) is 3.38. The molecule has 0 aromatic carbocycles. The highest BCUT2D eigenvalue weighted by Gasteiger charge is 2.29. The number of carbonyl (C=O) groups excluding carboxylic acids is 3. The minimum atomic E-state index is -0.801. The first kappa shape index (κ1) is 21.2. The van der Waals surface area contributed by atoms with Crippen molar-refractivity contribution in [2.45, 2.75) is 66.0 Å². The van der Waals surface area contributed by atoms with E-state index in [1.165, 1.54) is 6.92 Å². The fraction of sp³-hybridized carbons (Fsp3) is 0.812. The Balaban J connectivity index is 4.62. The second kappa shape index (κ2) is 11.7. The minimum absolute atomic E-state index is 0.0671. The number of hydrogen-bond acceptors (Lipinski definition) is 5. The van der Waals surface area contributed by atoms with E-state index in [1.54, 1.807) is 0 Å². The van der Waals surface area contributed by atoms with E-state index >= 15 is 0 Å². The summed E-state index contributed by atoms with van der Waals surface area (Å²) < 4.78 is 9.99. The molecule has 0 saturated heterocycles. The van der Waals surface area contributed by atoms with Crippen LogP contribution in [0.4, 0.5) is 4.79 Å². The Morgan fingerprint density at radius 2 is 1.48 bits per heavy atom. The average molecular weight is 330 g/mol. The van der Waals surface area contributed by atoms with Gasteiger partial charge in [0.2, 0.25) is 5.91 Å². The quantitative estimate of drug-likeness (QED) is 0.598. The van der Waals surface area contributed by atoms with Crippen molar-refractivity contribution in [2.75, 3.05) is 13.2 Å². The fourth-order valence-electron chi connectivity index (χ4n) is 1.72. The number of ether oxygens (including phenoxy) is 2. The zero-order chi connectivity index (χ0) is 17.8. The Morgan fingerprint density at radius 3 is 2.00 bits per heavy atom. The molecular formula is C16H30N2O5. The van der Waals surface area contributed by atoms with Crippen LogP contribution in [-0.2, 0) is 19.1 Å². The second-order valence-electron chi connectivity index (χ2n) is 5.54. The molecule has 0 fully saturated rings. The molecule has 7 heteroatoms. The van der Waals surface area contributed by atoms with E-state index < -0.39 is 30.1 Å². The highest BCUT2D eigenvalue weighted by molar-refractivity contribution is 5.89. The Labute approximate surface area is 138 Å². The van der Waals surface area contributed by atoms with Crippen LogP contribution in [-0.4, -0.2) is 43.3 Å². The molecule has 0 aliphatic rings. The lowest BCUT2D eigenvalue weighted by molar-refractivity contribution is -0.149. The molecule has 0 aliphatic carbocycles. The molecule has 0 aromatic heterocycles. The lowest BCUT2D eigenvalue weighted by Crippen LogP contribution is -2.52. The van der Waals surface area contributed by atoms with Crippen LogP contribution in [0.1, 0.15) is 53.9 Å². The van der Waals surface area contributed by atoms with Gasteiger partial charge in [-0.1, -0.05) is 34.1 Å². The summed E-state index contributed by atoms with van der Waals surface area (Å²) in [6.07, 6.45) is 1.48. The lowest BCUT2D eigenvalue weighted by Gasteiger charge is -2.24. The maximum absolute atomic E-state index is 12.2. The van der Waals surface area contributed by atoms with E-state index in [9.17, 15) is 14.4 Å². The summed E-state index contributed by atoms with van der Waals surface area (Å²) in [5, 5.41) is 5.09. The van der Waals surface area contributed by atoms with Crippen molar-refractivity contribution in [2.24, 2.45) is 5.92 Å².